The zero-order valence-electron chi connectivity index (χ0n) is 16.2. The van der Waals surface area contributed by atoms with E-state index in [-0.39, 0.29) is 21.3 Å². The van der Waals surface area contributed by atoms with Crippen LogP contribution in [-0.4, -0.2) is 36.7 Å². The van der Waals surface area contributed by atoms with E-state index in [1.54, 1.807) is 11.1 Å². The molecule has 0 fully saturated rings. The van der Waals surface area contributed by atoms with Crippen molar-refractivity contribution in [2.24, 2.45) is 10.3 Å². The molecule has 1 unspecified atom stereocenters. The van der Waals surface area contributed by atoms with Gasteiger partial charge in [-0.15, -0.1) is 0 Å². The minimum atomic E-state index is -4.71. The molecular formula is C21H18Cl2F3N3O. The molecule has 1 heterocycles. The van der Waals surface area contributed by atoms with E-state index >= 15 is 0 Å². The third kappa shape index (κ3) is 3.65. The van der Waals surface area contributed by atoms with Crippen LogP contribution >= 0.6 is 23.2 Å². The Kier molecular flexibility index (Phi) is 5.22. The smallest absolute Gasteiger partial charge is 0.374 e. The number of aryl methyl sites for hydroxylation is 1. The molecule has 158 valence electrons. The average Bonchev–Trinajstić information content (AvgIpc) is 3.25. The van der Waals surface area contributed by atoms with Crippen molar-refractivity contribution in [2.45, 2.75) is 31.0 Å². The summed E-state index contributed by atoms with van der Waals surface area (Å²) in [5, 5.41) is 10.2. The molecule has 2 aliphatic rings. The quantitative estimate of drug-likeness (QED) is 0.549. The summed E-state index contributed by atoms with van der Waals surface area (Å²) in [6, 6.07) is 9.31. The zero-order chi connectivity index (χ0) is 21.7. The van der Waals surface area contributed by atoms with Gasteiger partial charge in [0.25, 0.3) is 5.60 Å². The maximum atomic E-state index is 14.1. The Balaban J connectivity index is 1.69. The molecule has 2 aromatic carbocycles. The van der Waals surface area contributed by atoms with Crippen LogP contribution in [0.25, 0.3) is 0 Å². The number of benzene rings is 2. The van der Waals surface area contributed by atoms with Gasteiger partial charge in [0.15, 0.2) is 0 Å². The van der Waals surface area contributed by atoms with Crippen molar-refractivity contribution in [1.29, 1.82) is 0 Å². The molecule has 0 N–H and O–H groups in total. The van der Waals surface area contributed by atoms with Crippen LogP contribution in [0, 0.1) is 0 Å². The molecule has 1 aliphatic carbocycles. The van der Waals surface area contributed by atoms with Crippen LogP contribution in [0.4, 0.5) is 13.2 Å². The zero-order valence-corrected chi connectivity index (χ0v) is 17.7. The van der Waals surface area contributed by atoms with E-state index in [0.717, 1.165) is 29.7 Å². The predicted octanol–water partition coefficient (Wildman–Crippen LogP) is 5.79. The molecule has 0 saturated heterocycles. The van der Waals surface area contributed by atoms with Crippen LogP contribution in [0.15, 0.2) is 46.7 Å². The summed E-state index contributed by atoms with van der Waals surface area (Å²) in [5.74, 6) is 0. The van der Waals surface area contributed by atoms with Crippen LogP contribution in [0.2, 0.25) is 10.0 Å². The Morgan fingerprint density at radius 2 is 1.77 bits per heavy atom. The lowest BCUT2D eigenvalue weighted by atomic mass is 9.86. The lowest BCUT2D eigenvalue weighted by molar-refractivity contribution is -0.275. The van der Waals surface area contributed by atoms with E-state index in [2.05, 4.69) is 10.3 Å². The van der Waals surface area contributed by atoms with E-state index in [0.29, 0.717) is 5.56 Å². The SMILES string of the molecule is CN(C)/N=C1\CCc2cc(C3=NOC(c4cc(Cl)cc(Cl)c4)(C(F)(F)F)C3)ccc21. The maximum absolute atomic E-state index is 14.1. The number of fused-ring (bicyclic) bond motifs is 1. The van der Waals surface area contributed by atoms with E-state index in [4.69, 9.17) is 28.0 Å². The number of hydrogen-bond acceptors (Lipinski definition) is 4. The van der Waals surface area contributed by atoms with Crippen LogP contribution in [0.3, 0.4) is 0 Å². The summed E-state index contributed by atoms with van der Waals surface area (Å²) in [6.45, 7) is 0. The van der Waals surface area contributed by atoms with Crippen molar-refractivity contribution in [1.82, 2.24) is 5.01 Å². The van der Waals surface area contributed by atoms with Crippen LogP contribution < -0.4 is 0 Å². The number of alkyl halides is 3. The molecular weight excluding hydrogens is 438 g/mol. The van der Waals surface area contributed by atoms with Gasteiger partial charge in [0.2, 0.25) is 0 Å². The van der Waals surface area contributed by atoms with Crippen molar-refractivity contribution in [2.75, 3.05) is 14.1 Å². The standard InChI is InChI=1S/C21H18Cl2F3N3O/c1-29(2)27-18-6-4-12-7-13(3-5-17(12)18)19-11-20(30-28-19,21(24,25)26)14-8-15(22)10-16(23)9-14/h3,5,7-10H,4,6,11H2,1-2H3/b27-18+. The fraction of sp³-hybridized carbons (Fsp3) is 0.333. The van der Waals surface area contributed by atoms with E-state index < -0.39 is 18.2 Å². The number of nitrogens with zero attached hydrogens (tertiary/aromatic N) is 3. The first-order valence-electron chi connectivity index (χ1n) is 9.26. The molecule has 0 spiro atoms. The number of hydrogen-bond donors (Lipinski definition) is 0. The van der Waals surface area contributed by atoms with Crippen LogP contribution in [0.1, 0.15) is 35.1 Å². The highest BCUT2D eigenvalue weighted by molar-refractivity contribution is 6.34. The predicted molar refractivity (Wildman–Crippen MR) is 111 cm³/mol. The Hall–Kier alpha value is -2.25. The first-order chi connectivity index (χ1) is 14.1. The second kappa shape index (κ2) is 7.46. The lowest BCUT2D eigenvalue weighted by Crippen LogP contribution is -2.42. The van der Waals surface area contributed by atoms with Gasteiger partial charge in [-0.05, 0) is 48.2 Å². The molecule has 0 amide bonds. The van der Waals surface area contributed by atoms with Crippen molar-refractivity contribution in [3.63, 3.8) is 0 Å². The summed E-state index contributed by atoms with van der Waals surface area (Å²) >= 11 is 11.9. The molecule has 1 aliphatic heterocycles. The van der Waals surface area contributed by atoms with Crippen molar-refractivity contribution in [3.8, 4) is 0 Å². The van der Waals surface area contributed by atoms with Gasteiger partial charge in [-0.1, -0.05) is 40.5 Å². The molecule has 4 rings (SSSR count). The molecule has 9 heteroatoms. The molecule has 0 saturated carbocycles. The Labute approximate surface area is 181 Å². The third-order valence-electron chi connectivity index (χ3n) is 5.22. The summed E-state index contributed by atoms with van der Waals surface area (Å²) in [7, 11) is 3.70. The van der Waals surface area contributed by atoms with Gasteiger partial charge in [0.05, 0.1) is 11.4 Å². The first kappa shape index (κ1) is 21.0. The highest BCUT2D eigenvalue weighted by Gasteiger charge is 2.62. The molecule has 4 nitrogen and oxygen atoms in total. The van der Waals surface area contributed by atoms with Crippen LogP contribution in [0.5, 0.6) is 0 Å². The van der Waals surface area contributed by atoms with Gasteiger partial charge in [0, 0.05) is 41.7 Å². The topological polar surface area (TPSA) is 37.2 Å². The summed E-state index contributed by atoms with van der Waals surface area (Å²) in [6.07, 6.45) is -3.62. The van der Waals surface area contributed by atoms with Crippen molar-refractivity contribution >= 4 is 34.6 Å². The van der Waals surface area contributed by atoms with Gasteiger partial charge in [-0.3, -0.25) is 0 Å². The average molecular weight is 456 g/mol. The lowest BCUT2D eigenvalue weighted by Gasteiger charge is -2.29. The largest absolute Gasteiger partial charge is 0.435 e. The maximum Gasteiger partial charge on any atom is 0.435 e. The van der Waals surface area contributed by atoms with Gasteiger partial charge in [0.1, 0.15) is 0 Å². The van der Waals surface area contributed by atoms with Gasteiger partial charge >= 0.3 is 6.18 Å². The fourth-order valence-electron chi connectivity index (χ4n) is 3.84. The minimum Gasteiger partial charge on any atom is -0.374 e. The summed E-state index contributed by atoms with van der Waals surface area (Å²) < 4.78 is 42.4. The number of rotatable bonds is 3. The molecule has 0 bridgehead atoms. The minimum absolute atomic E-state index is 0.100. The van der Waals surface area contributed by atoms with Gasteiger partial charge in [-0.25, -0.2) is 0 Å². The first-order valence-corrected chi connectivity index (χ1v) is 10.0. The Morgan fingerprint density at radius 1 is 1.07 bits per heavy atom. The molecule has 0 aromatic heterocycles. The van der Waals surface area contributed by atoms with Gasteiger partial charge < -0.3 is 9.85 Å². The number of hydrazone groups is 1. The van der Waals surface area contributed by atoms with Crippen molar-refractivity contribution in [3.05, 3.63) is 68.7 Å². The monoisotopic (exact) mass is 455 g/mol. The fourth-order valence-corrected chi connectivity index (χ4v) is 4.37. The third-order valence-corrected chi connectivity index (χ3v) is 5.65. The molecule has 1 atom stereocenters. The second-order valence-corrected chi connectivity index (χ2v) is 8.43. The highest BCUT2D eigenvalue weighted by atomic mass is 35.5. The van der Waals surface area contributed by atoms with Crippen LogP contribution in [-0.2, 0) is 16.9 Å². The van der Waals surface area contributed by atoms with E-state index in [1.807, 2.05) is 26.2 Å². The Bertz CT molecular complexity index is 1050. The Morgan fingerprint density at radius 3 is 2.40 bits per heavy atom. The van der Waals surface area contributed by atoms with E-state index in [9.17, 15) is 13.2 Å². The number of halogens is 5. The molecule has 0 radical (unpaired) electrons. The molecule has 30 heavy (non-hydrogen) atoms. The second-order valence-electron chi connectivity index (χ2n) is 7.55. The highest BCUT2D eigenvalue weighted by Crippen LogP contribution is 2.49. The normalized spacial score (nSPS) is 22.1. The van der Waals surface area contributed by atoms with Crippen molar-refractivity contribution < 1.29 is 18.0 Å². The molecule has 2 aromatic rings. The summed E-state index contributed by atoms with van der Waals surface area (Å²) in [5.41, 5.74) is 1.02. The summed E-state index contributed by atoms with van der Waals surface area (Å²) in [4.78, 5) is 5.08. The number of oxime groups is 1. The van der Waals surface area contributed by atoms with E-state index in [1.165, 1.54) is 18.2 Å². The van der Waals surface area contributed by atoms with Gasteiger partial charge in [-0.2, -0.15) is 18.3 Å².